The third-order valence-corrected chi connectivity index (χ3v) is 7.87. The average Bonchev–Trinajstić information content (AvgIpc) is 3.11. The number of aryl methyl sites for hydroxylation is 1. The molecule has 0 unspecified atom stereocenters. The van der Waals surface area contributed by atoms with E-state index in [-0.39, 0.29) is 0 Å². The first-order valence-corrected chi connectivity index (χ1v) is 17.4. The highest BCUT2D eigenvalue weighted by Crippen LogP contribution is 2.32. The number of aldehydes is 1. The Morgan fingerprint density at radius 1 is 0.957 bits per heavy atom. The van der Waals surface area contributed by atoms with Crippen LogP contribution in [0.5, 0.6) is 5.75 Å². The van der Waals surface area contributed by atoms with Crippen molar-refractivity contribution in [2.75, 3.05) is 7.11 Å². The number of aliphatic hydroxyl groups excluding tert-OH is 1. The SMILES string of the molecule is C#C.C/C=C\C=C(/C)CC.C=C(CC)S/C=C(\C)c1cc(C)ccc1OCc1ccc(C(CCC)CCC)cc1.CCC=O.CO. The zero-order chi connectivity index (χ0) is 35.8. The summed E-state index contributed by atoms with van der Waals surface area (Å²) < 4.78 is 6.26. The van der Waals surface area contributed by atoms with Gasteiger partial charge in [0.15, 0.2) is 0 Å². The average molecular weight is 649 g/mol. The summed E-state index contributed by atoms with van der Waals surface area (Å²) in [6.07, 6.45) is 22.9. The summed E-state index contributed by atoms with van der Waals surface area (Å²) in [5.41, 5.74) is 7.73. The summed E-state index contributed by atoms with van der Waals surface area (Å²) in [7, 11) is 1.00. The van der Waals surface area contributed by atoms with E-state index in [0.29, 0.717) is 18.9 Å². The van der Waals surface area contributed by atoms with Gasteiger partial charge in [-0.05, 0) is 98.4 Å². The van der Waals surface area contributed by atoms with Crippen LogP contribution in [0.15, 0.2) is 83.2 Å². The van der Waals surface area contributed by atoms with Crippen molar-refractivity contribution in [3.8, 4) is 18.6 Å². The van der Waals surface area contributed by atoms with Crippen LogP contribution in [0.3, 0.4) is 0 Å². The molecule has 0 spiro atoms. The predicted molar refractivity (Wildman–Crippen MR) is 208 cm³/mol. The van der Waals surface area contributed by atoms with Crippen LogP contribution in [0.1, 0.15) is 129 Å². The summed E-state index contributed by atoms with van der Waals surface area (Å²) in [4.78, 5) is 10.3. The lowest BCUT2D eigenvalue weighted by molar-refractivity contribution is -0.107. The van der Waals surface area contributed by atoms with E-state index in [1.165, 1.54) is 58.4 Å². The number of ether oxygens (including phenoxy) is 1. The molecule has 0 atom stereocenters. The van der Waals surface area contributed by atoms with Gasteiger partial charge in [-0.25, -0.2) is 0 Å². The number of allylic oxidation sites excluding steroid dienone is 6. The zero-order valence-corrected chi connectivity index (χ0v) is 31.5. The lowest BCUT2D eigenvalue weighted by atomic mass is 9.90. The second kappa shape index (κ2) is 33.1. The number of aliphatic hydroxyl groups is 1. The molecule has 1 N–H and O–H groups in total. The van der Waals surface area contributed by atoms with Crippen LogP contribution in [0.2, 0.25) is 0 Å². The van der Waals surface area contributed by atoms with Crippen molar-refractivity contribution in [3.05, 3.63) is 105 Å². The maximum absolute atomic E-state index is 9.17. The molecule has 256 valence electrons. The highest BCUT2D eigenvalue weighted by molar-refractivity contribution is 8.05. The number of hydrogen-bond acceptors (Lipinski definition) is 4. The Morgan fingerprint density at radius 3 is 1.98 bits per heavy atom. The summed E-state index contributed by atoms with van der Waals surface area (Å²) in [5.74, 6) is 1.62. The molecule has 0 aliphatic rings. The van der Waals surface area contributed by atoms with Crippen molar-refractivity contribution >= 4 is 23.6 Å². The van der Waals surface area contributed by atoms with Crippen LogP contribution < -0.4 is 4.74 Å². The van der Waals surface area contributed by atoms with E-state index < -0.39 is 0 Å². The number of carbonyl (C=O) groups is 1. The normalized spacial score (nSPS) is 10.7. The number of benzene rings is 2. The van der Waals surface area contributed by atoms with Crippen molar-refractivity contribution in [1.82, 2.24) is 0 Å². The lowest BCUT2D eigenvalue weighted by Gasteiger charge is -2.17. The molecule has 4 heteroatoms. The first-order chi connectivity index (χ1) is 22.2. The fourth-order valence-electron chi connectivity index (χ4n) is 4.00. The molecule has 2 rings (SSSR count). The fourth-order valence-corrected chi connectivity index (χ4v) is 4.63. The Balaban J connectivity index is -0.000000963. The van der Waals surface area contributed by atoms with Gasteiger partial charge in [-0.3, -0.25) is 0 Å². The number of rotatable bonds is 15. The minimum atomic E-state index is 0.588. The van der Waals surface area contributed by atoms with Crippen molar-refractivity contribution in [1.29, 1.82) is 0 Å². The van der Waals surface area contributed by atoms with Crippen molar-refractivity contribution < 1.29 is 14.6 Å². The first kappa shape index (κ1) is 47.2. The highest BCUT2D eigenvalue weighted by Gasteiger charge is 2.11. The van der Waals surface area contributed by atoms with Gasteiger partial charge >= 0.3 is 0 Å². The highest BCUT2D eigenvalue weighted by atomic mass is 32.2. The van der Waals surface area contributed by atoms with E-state index in [9.17, 15) is 4.79 Å². The second-order valence-electron chi connectivity index (χ2n) is 10.6. The number of hydrogen-bond donors (Lipinski definition) is 1. The van der Waals surface area contributed by atoms with E-state index >= 15 is 0 Å². The van der Waals surface area contributed by atoms with Crippen LogP contribution in [-0.4, -0.2) is 18.5 Å². The van der Waals surface area contributed by atoms with Gasteiger partial charge in [0.05, 0.1) is 0 Å². The summed E-state index contributed by atoms with van der Waals surface area (Å²) in [5, 5.41) is 9.18. The molecule has 0 heterocycles. The monoisotopic (exact) mass is 648 g/mol. The van der Waals surface area contributed by atoms with Gasteiger partial charge in [0.25, 0.3) is 0 Å². The Morgan fingerprint density at radius 2 is 1.52 bits per heavy atom. The largest absolute Gasteiger partial charge is 0.488 e. The van der Waals surface area contributed by atoms with Gasteiger partial charge in [0.1, 0.15) is 18.6 Å². The van der Waals surface area contributed by atoms with Gasteiger partial charge < -0.3 is 14.6 Å². The van der Waals surface area contributed by atoms with Gasteiger partial charge in [-0.15, -0.1) is 24.6 Å². The maximum atomic E-state index is 9.17. The third-order valence-electron chi connectivity index (χ3n) is 6.77. The van der Waals surface area contributed by atoms with E-state index in [4.69, 9.17) is 9.84 Å². The van der Waals surface area contributed by atoms with Crippen LogP contribution in [0.25, 0.3) is 5.57 Å². The van der Waals surface area contributed by atoms with Crippen molar-refractivity contribution in [2.45, 2.75) is 120 Å². The van der Waals surface area contributed by atoms with Gasteiger partial charge in [0.2, 0.25) is 0 Å². The van der Waals surface area contributed by atoms with Gasteiger partial charge in [0, 0.05) is 19.1 Å². The molecule has 2 aromatic rings. The Kier molecular flexibility index (Phi) is 33.9. The van der Waals surface area contributed by atoms with Crippen LogP contribution in [-0.2, 0) is 11.4 Å². The molecule has 2 aromatic carbocycles. The Labute approximate surface area is 288 Å². The molecule has 0 saturated carbocycles. The topological polar surface area (TPSA) is 46.5 Å². The Bertz CT molecular complexity index is 1150. The summed E-state index contributed by atoms with van der Waals surface area (Å²) >= 11 is 1.71. The Hall–Kier alpha value is -3.26. The quantitative estimate of drug-likeness (QED) is 0.119. The van der Waals surface area contributed by atoms with Crippen LogP contribution in [0.4, 0.5) is 0 Å². The molecule has 3 nitrogen and oxygen atoms in total. The number of thioether (sulfide) groups is 1. The molecule has 46 heavy (non-hydrogen) atoms. The number of carbonyl (C=O) groups excluding carboxylic acids is 1. The fraction of sp³-hybridized carbons (Fsp3) is 0.452. The molecule has 0 radical (unpaired) electrons. The maximum Gasteiger partial charge on any atom is 0.127 e. The molecule has 0 fully saturated rings. The van der Waals surface area contributed by atoms with Crippen molar-refractivity contribution in [3.63, 3.8) is 0 Å². The molecular weight excluding hydrogens is 585 g/mol. The third kappa shape index (κ3) is 23.1. The van der Waals surface area contributed by atoms with E-state index in [1.807, 2.05) is 19.9 Å². The second-order valence-corrected chi connectivity index (χ2v) is 11.6. The van der Waals surface area contributed by atoms with Crippen LogP contribution >= 0.6 is 11.8 Å². The molecule has 0 aromatic heterocycles. The molecule has 0 amide bonds. The molecule has 0 saturated heterocycles. The van der Waals surface area contributed by atoms with Crippen LogP contribution in [0, 0.1) is 19.8 Å². The number of terminal acetylenes is 1. The predicted octanol–water partition coefficient (Wildman–Crippen LogP) is 12.6. The van der Waals surface area contributed by atoms with Crippen molar-refractivity contribution in [2.24, 2.45) is 0 Å². The standard InChI is InChI=1S/C28H38OS.C8H14.C3H6O.C2H2.CH4O/c1-7-10-25(11-8-2)26-15-13-24(14-16-26)19-29-28-17-12-21(4)18-27(28)22(5)20-30-23(6)9-3;1-4-6-7-8(3)5-2;1-2-3-4;2*1-2/h12-18,20,25H,6-11,19H2,1-5H3;4,6-7H,5H2,1-3H3;3H,2H2,1H3;1-2H;2H,1H3/b22-20+;6-4-,8-7+;;;. The molecule has 0 aliphatic carbocycles. The molecule has 0 bridgehead atoms. The molecule has 0 aliphatic heterocycles. The lowest BCUT2D eigenvalue weighted by Crippen LogP contribution is -2.01. The van der Waals surface area contributed by atoms with E-state index in [0.717, 1.165) is 37.6 Å². The minimum absolute atomic E-state index is 0.588. The van der Waals surface area contributed by atoms with E-state index in [1.54, 1.807) is 11.8 Å². The zero-order valence-electron chi connectivity index (χ0n) is 30.7. The summed E-state index contributed by atoms with van der Waals surface area (Å²) in [6.45, 7) is 23.8. The smallest absolute Gasteiger partial charge is 0.127 e. The molecular formula is C42H64O3S. The first-order valence-electron chi connectivity index (χ1n) is 16.5. The summed E-state index contributed by atoms with van der Waals surface area (Å²) in [6, 6.07) is 15.5. The minimum Gasteiger partial charge on any atom is -0.488 e. The van der Waals surface area contributed by atoms with Gasteiger partial charge in [-0.2, -0.15) is 0 Å². The van der Waals surface area contributed by atoms with E-state index in [2.05, 4.69) is 128 Å². The van der Waals surface area contributed by atoms with Gasteiger partial charge in [-0.1, -0.05) is 114 Å².